The number of nitrogens with zero attached hydrogens (tertiary/aromatic N) is 2. The van der Waals surface area contributed by atoms with Crippen LogP contribution < -0.4 is 0 Å². The van der Waals surface area contributed by atoms with Crippen LogP contribution in [-0.4, -0.2) is 39.7 Å². The van der Waals surface area contributed by atoms with E-state index in [0.29, 0.717) is 17.8 Å². The summed E-state index contributed by atoms with van der Waals surface area (Å²) in [5.41, 5.74) is 0.417. The van der Waals surface area contributed by atoms with Gasteiger partial charge in [0, 0.05) is 31.4 Å². The van der Waals surface area contributed by atoms with Crippen LogP contribution in [0.25, 0.3) is 0 Å². The lowest BCUT2D eigenvalue weighted by molar-refractivity contribution is 0.0675. The average Bonchev–Trinajstić information content (AvgIpc) is 2.88. The van der Waals surface area contributed by atoms with Crippen LogP contribution in [0.1, 0.15) is 56.1 Å². The molecule has 0 saturated carbocycles. The number of hydrogen-bond acceptors (Lipinski definition) is 2. The minimum absolute atomic E-state index is 0.339. The number of carbonyl (C=O) groups is 1. The highest BCUT2D eigenvalue weighted by Crippen LogP contribution is 2.26. The summed E-state index contributed by atoms with van der Waals surface area (Å²) in [5.74, 6) is -0.827. The summed E-state index contributed by atoms with van der Waals surface area (Å²) in [6, 6.07) is 4.50. The van der Waals surface area contributed by atoms with Crippen molar-refractivity contribution in [1.82, 2.24) is 9.47 Å². The summed E-state index contributed by atoms with van der Waals surface area (Å²) in [7, 11) is 0. The summed E-state index contributed by atoms with van der Waals surface area (Å²) in [4.78, 5) is 13.7. The van der Waals surface area contributed by atoms with Gasteiger partial charge in [0.05, 0.1) is 0 Å². The molecule has 1 saturated heterocycles. The van der Waals surface area contributed by atoms with Crippen molar-refractivity contribution in [3.63, 3.8) is 0 Å². The lowest BCUT2D eigenvalue weighted by Crippen LogP contribution is -2.40. The normalized spacial score (nSPS) is 19.5. The van der Waals surface area contributed by atoms with E-state index in [1.54, 1.807) is 6.07 Å². The zero-order valence-electron chi connectivity index (χ0n) is 11.9. The van der Waals surface area contributed by atoms with E-state index in [-0.39, 0.29) is 0 Å². The molecule has 2 rings (SSSR count). The standard InChI is InChI=1S/C15H24N2O2/c1-3-5-12(2)16-10-7-13(8-11-16)17-9-4-6-14(17)15(18)19/h4,6,9,12-13H,3,5,7-8,10-11H2,1-2H3,(H,18,19). The lowest BCUT2D eigenvalue weighted by Gasteiger charge is -2.36. The molecule has 0 aromatic carbocycles. The van der Waals surface area contributed by atoms with Crippen LogP contribution in [0.4, 0.5) is 0 Å². The average molecular weight is 264 g/mol. The molecule has 2 heterocycles. The highest BCUT2D eigenvalue weighted by atomic mass is 16.4. The minimum Gasteiger partial charge on any atom is -0.477 e. The van der Waals surface area contributed by atoms with E-state index < -0.39 is 5.97 Å². The molecule has 1 unspecified atom stereocenters. The molecule has 1 atom stereocenters. The fraction of sp³-hybridized carbons (Fsp3) is 0.667. The van der Waals surface area contributed by atoms with Gasteiger partial charge < -0.3 is 14.6 Å². The Balaban J connectivity index is 1.96. The maximum absolute atomic E-state index is 11.2. The second-order valence-electron chi connectivity index (χ2n) is 5.51. The molecule has 19 heavy (non-hydrogen) atoms. The fourth-order valence-electron chi connectivity index (χ4n) is 3.10. The summed E-state index contributed by atoms with van der Waals surface area (Å²) >= 11 is 0. The van der Waals surface area contributed by atoms with Gasteiger partial charge in [-0.1, -0.05) is 13.3 Å². The maximum Gasteiger partial charge on any atom is 0.352 e. The Kier molecular flexibility index (Phi) is 4.64. The maximum atomic E-state index is 11.2. The molecule has 1 aliphatic rings. The van der Waals surface area contributed by atoms with Gasteiger partial charge in [0.2, 0.25) is 0 Å². The smallest absolute Gasteiger partial charge is 0.352 e. The zero-order valence-corrected chi connectivity index (χ0v) is 11.9. The first-order valence-corrected chi connectivity index (χ1v) is 7.27. The van der Waals surface area contributed by atoms with Crippen LogP contribution >= 0.6 is 0 Å². The van der Waals surface area contributed by atoms with Gasteiger partial charge in [-0.05, 0) is 38.3 Å². The van der Waals surface area contributed by atoms with Crippen molar-refractivity contribution in [1.29, 1.82) is 0 Å². The van der Waals surface area contributed by atoms with E-state index >= 15 is 0 Å². The predicted molar refractivity (Wildman–Crippen MR) is 75.6 cm³/mol. The minimum atomic E-state index is -0.827. The third-order valence-corrected chi connectivity index (χ3v) is 4.22. The van der Waals surface area contributed by atoms with Crippen LogP contribution in [0.15, 0.2) is 18.3 Å². The fourth-order valence-corrected chi connectivity index (χ4v) is 3.10. The Morgan fingerprint density at radius 1 is 1.47 bits per heavy atom. The second-order valence-corrected chi connectivity index (χ2v) is 5.51. The van der Waals surface area contributed by atoms with Gasteiger partial charge >= 0.3 is 5.97 Å². The van der Waals surface area contributed by atoms with Crippen molar-refractivity contribution in [2.24, 2.45) is 0 Å². The first-order chi connectivity index (χ1) is 9.13. The molecule has 4 nitrogen and oxygen atoms in total. The number of hydrogen-bond donors (Lipinski definition) is 1. The summed E-state index contributed by atoms with van der Waals surface area (Å²) in [5, 5.41) is 9.16. The van der Waals surface area contributed by atoms with Crippen LogP contribution in [0.3, 0.4) is 0 Å². The Morgan fingerprint density at radius 3 is 2.74 bits per heavy atom. The Hall–Kier alpha value is -1.29. The molecule has 1 aromatic heterocycles. The SMILES string of the molecule is CCCC(C)N1CCC(n2cccc2C(=O)O)CC1. The van der Waals surface area contributed by atoms with Crippen molar-refractivity contribution in [3.05, 3.63) is 24.0 Å². The number of carboxylic acids is 1. The van der Waals surface area contributed by atoms with Gasteiger partial charge in [-0.15, -0.1) is 0 Å². The monoisotopic (exact) mass is 264 g/mol. The number of aromatic carboxylic acids is 1. The largest absolute Gasteiger partial charge is 0.477 e. The van der Waals surface area contributed by atoms with Gasteiger partial charge in [0.1, 0.15) is 5.69 Å². The molecule has 1 aromatic rings. The first-order valence-electron chi connectivity index (χ1n) is 7.27. The number of piperidine rings is 1. The highest BCUT2D eigenvalue weighted by Gasteiger charge is 2.25. The van der Waals surface area contributed by atoms with Crippen LogP contribution in [0.2, 0.25) is 0 Å². The molecular weight excluding hydrogens is 240 g/mol. The third-order valence-electron chi connectivity index (χ3n) is 4.22. The van der Waals surface area contributed by atoms with Gasteiger partial charge in [-0.2, -0.15) is 0 Å². The molecule has 0 amide bonds. The summed E-state index contributed by atoms with van der Waals surface area (Å²) < 4.78 is 1.93. The van der Waals surface area contributed by atoms with Crippen LogP contribution in [-0.2, 0) is 0 Å². The van der Waals surface area contributed by atoms with Gasteiger partial charge in [0.25, 0.3) is 0 Å². The van der Waals surface area contributed by atoms with Crippen LogP contribution in [0, 0.1) is 0 Å². The van der Waals surface area contributed by atoms with Crippen LogP contribution in [0.5, 0.6) is 0 Å². The Morgan fingerprint density at radius 2 is 2.16 bits per heavy atom. The van der Waals surface area contributed by atoms with Crippen molar-refractivity contribution in [3.8, 4) is 0 Å². The van der Waals surface area contributed by atoms with Gasteiger partial charge in [0.15, 0.2) is 0 Å². The first kappa shape index (κ1) is 14.1. The van der Waals surface area contributed by atoms with E-state index in [9.17, 15) is 4.79 Å². The number of aromatic nitrogens is 1. The topological polar surface area (TPSA) is 45.5 Å². The van der Waals surface area contributed by atoms with Gasteiger partial charge in [-0.25, -0.2) is 4.79 Å². The molecule has 0 spiro atoms. The van der Waals surface area contributed by atoms with E-state index in [1.165, 1.54) is 12.8 Å². The lowest BCUT2D eigenvalue weighted by atomic mass is 10.0. The molecule has 0 aliphatic carbocycles. The van der Waals surface area contributed by atoms with E-state index in [4.69, 9.17) is 5.11 Å². The van der Waals surface area contributed by atoms with Crippen molar-refractivity contribution in [2.45, 2.75) is 51.6 Å². The third kappa shape index (κ3) is 3.18. The van der Waals surface area contributed by atoms with Crippen molar-refractivity contribution >= 4 is 5.97 Å². The van der Waals surface area contributed by atoms with Crippen molar-refractivity contribution < 1.29 is 9.90 Å². The van der Waals surface area contributed by atoms with E-state index in [1.807, 2.05) is 16.8 Å². The molecule has 1 N–H and O–H groups in total. The summed E-state index contributed by atoms with van der Waals surface area (Å²) in [6.07, 6.45) is 6.46. The Bertz CT molecular complexity index is 420. The van der Waals surface area contributed by atoms with Gasteiger partial charge in [-0.3, -0.25) is 0 Å². The number of carboxylic acid groups (broad SMARTS) is 1. The van der Waals surface area contributed by atoms with E-state index in [0.717, 1.165) is 25.9 Å². The Labute approximate surface area is 115 Å². The number of likely N-dealkylation sites (tertiary alicyclic amines) is 1. The highest BCUT2D eigenvalue weighted by molar-refractivity contribution is 5.85. The molecule has 106 valence electrons. The number of rotatable bonds is 5. The second kappa shape index (κ2) is 6.24. The zero-order chi connectivity index (χ0) is 13.8. The molecular formula is C15H24N2O2. The molecule has 0 bridgehead atoms. The summed E-state index contributed by atoms with van der Waals surface area (Å²) in [6.45, 7) is 6.66. The molecule has 1 fully saturated rings. The quantitative estimate of drug-likeness (QED) is 0.889. The molecule has 1 aliphatic heterocycles. The van der Waals surface area contributed by atoms with E-state index in [2.05, 4.69) is 18.7 Å². The van der Waals surface area contributed by atoms with Crippen molar-refractivity contribution in [2.75, 3.05) is 13.1 Å². The molecule has 4 heteroatoms. The predicted octanol–water partition coefficient (Wildman–Crippen LogP) is 3.01. The molecule has 0 radical (unpaired) electrons.